The average Bonchev–Trinajstić information content (AvgIpc) is 3.01. The van der Waals surface area contributed by atoms with Crippen molar-refractivity contribution >= 4 is 5.91 Å². The molecule has 1 N–H and O–H groups in total. The van der Waals surface area contributed by atoms with Crippen LogP contribution in [0.5, 0.6) is 0 Å². The third kappa shape index (κ3) is 2.48. The van der Waals surface area contributed by atoms with Crippen LogP contribution < -0.4 is 5.32 Å². The minimum Gasteiger partial charge on any atom is -0.321 e. The fourth-order valence-electron chi connectivity index (χ4n) is 3.85. The van der Waals surface area contributed by atoms with Crippen LogP contribution in [-0.4, -0.2) is 22.9 Å². The van der Waals surface area contributed by atoms with Crippen LogP contribution in [0.15, 0.2) is 24.3 Å². The predicted octanol–water partition coefficient (Wildman–Crippen LogP) is 3.39. The van der Waals surface area contributed by atoms with Gasteiger partial charge in [0.15, 0.2) is 0 Å². The van der Waals surface area contributed by atoms with Gasteiger partial charge in [0.05, 0.1) is 5.54 Å². The number of nitrogens with one attached hydrogen (secondary N) is 1. The van der Waals surface area contributed by atoms with Gasteiger partial charge in [-0.25, -0.2) is 0 Å². The molecule has 2 aliphatic rings. The van der Waals surface area contributed by atoms with E-state index in [1.54, 1.807) is 0 Å². The lowest BCUT2D eigenvalue weighted by molar-refractivity contribution is -0.133. The normalized spacial score (nSPS) is 24.5. The standard InChI is InChI=1S/C18H26N2O/c1-13(2)12-20-16(15-9-5-4-8-14(15)3)19-18(17(20)21)10-6-7-11-18/h4-5,8-9,13,16,19H,6-7,10-12H2,1-3H3. The van der Waals surface area contributed by atoms with Crippen molar-refractivity contribution in [3.63, 3.8) is 0 Å². The third-order valence-electron chi connectivity index (χ3n) is 4.90. The van der Waals surface area contributed by atoms with Crippen LogP contribution >= 0.6 is 0 Å². The molecule has 0 aromatic heterocycles. The zero-order valence-electron chi connectivity index (χ0n) is 13.4. The van der Waals surface area contributed by atoms with Crippen LogP contribution in [0.1, 0.15) is 56.8 Å². The number of benzene rings is 1. The fraction of sp³-hybridized carbons (Fsp3) is 0.611. The van der Waals surface area contributed by atoms with Crippen molar-refractivity contribution in [3.8, 4) is 0 Å². The van der Waals surface area contributed by atoms with Gasteiger partial charge in [-0.15, -0.1) is 0 Å². The molecule has 21 heavy (non-hydrogen) atoms. The molecule has 1 amide bonds. The Bertz CT molecular complexity index is 532. The monoisotopic (exact) mass is 286 g/mol. The second kappa shape index (κ2) is 5.45. The second-order valence-electron chi connectivity index (χ2n) is 7.04. The highest BCUT2D eigenvalue weighted by Crippen LogP contribution is 2.41. The van der Waals surface area contributed by atoms with E-state index >= 15 is 0 Å². The highest BCUT2D eigenvalue weighted by molar-refractivity contribution is 5.89. The maximum absolute atomic E-state index is 13.0. The molecule has 1 aromatic carbocycles. The maximum Gasteiger partial charge on any atom is 0.244 e. The summed E-state index contributed by atoms with van der Waals surface area (Å²) in [5, 5.41) is 3.71. The largest absolute Gasteiger partial charge is 0.321 e. The van der Waals surface area contributed by atoms with Crippen molar-refractivity contribution in [1.29, 1.82) is 0 Å². The fourth-order valence-corrected chi connectivity index (χ4v) is 3.85. The molecule has 0 radical (unpaired) electrons. The molecule has 2 fully saturated rings. The number of rotatable bonds is 3. The van der Waals surface area contributed by atoms with Crippen molar-refractivity contribution < 1.29 is 4.79 Å². The maximum atomic E-state index is 13.0. The van der Waals surface area contributed by atoms with Gasteiger partial charge in [-0.3, -0.25) is 10.1 Å². The van der Waals surface area contributed by atoms with Gasteiger partial charge in [-0.1, -0.05) is 51.0 Å². The molecule has 3 heteroatoms. The summed E-state index contributed by atoms with van der Waals surface area (Å²) in [7, 11) is 0. The number of hydrogen-bond donors (Lipinski definition) is 1. The van der Waals surface area contributed by atoms with Gasteiger partial charge in [-0.05, 0) is 36.8 Å². The molecule has 1 aliphatic heterocycles. The van der Waals surface area contributed by atoms with Crippen LogP contribution in [0.4, 0.5) is 0 Å². The van der Waals surface area contributed by atoms with E-state index in [0.29, 0.717) is 11.8 Å². The van der Waals surface area contributed by atoms with Crippen LogP contribution in [0.2, 0.25) is 0 Å². The lowest BCUT2D eigenvalue weighted by Gasteiger charge is -2.27. The first-order valence-corrected chi connectivity index (χ1v) is 8.18. The lowest BCUT2D eigenvalue weighted by Crippen LogP contribution is -2.44. The Morgan fingerprint density at radius 2 is 1.95 bits per heavy atom. The Kier molecular flexibility index (Phi) is 3.78. The smallest absolute Gasteiger partial charge is 0.244 e. The Morgan fingerprint density at radius 1 is 1.29 bits per heavy atom. The molecule has 1 unspecified atom stereocenters. The van der Waals surface area contributed by atoms with Crippen LogP contribution in [-0.2, 0) is 4.79 Å². The molecule has 1 aliphatic carbocycles. The Balaban J connectivity index is 1.97. The van der Waals surface area contributed by atoms with E-state index in [0.717, 1.165) is 32.2 Å². The Labute approximate surface area is 127 Å². The van der Waals surface area contributed by atoms with Gasteiger partial charge in [0, 0.05) is 6.54 Å². The summed E-state index contributed by atoms with van der Waals surface area (Å²) in [6.07, 6.45) is 4.34. The minimum atomic E-state index is -0.290. The summed E-state index contributed by atoms with van der Waals surface area (Å²) in [4.78, 5) is 15.1. The van der Waals surface area contributed by atoms with Crippen molar-refractivity contribution in [2.24, 2.45) is 5.92 Å². The molecule has 1 saturated heterocycles. The zero-order chi connectivity index (χ0) is 15.0. The highest BCUT2D eigenvalue weighted by atomic mass is 16.2. The van der Waals surface area contributed by atoms with Crippen LogP contribution in [0, 0.1) is 12.8 Å². The Hall–Kier alpha value is -1.35. The molecule has 0 bridgehead atoms. The van der Waals surface area contributed by atoms with Gasteiger partial charge in [-0.2, -0.15) is 0 Å². The number of carbonyl (C=O) groups excluding carboxylic acids is 1. The van der Waals surface area contributed by atoms with Crippen molar-refractivity contribution in [3.05, 3.63) is 35.4 Å². The SMILES string of the molecule is Cc1ccccc1C1NC2(CCCC2)C(=O)N1CC(C)C. The molecule has 1 spiro atoms. The average molecular weight is 286 g/mol. The third-order valence-corrected chi connectivity index (χ3v) is 4.90. The first-order chi connectivity index (χ1) is 10.0. The Morgan fingerprint density at radius 3 is 2.57 bits per heavy atom. The van der Waals surface area contributed by atoms with Crippen LogP contribution in [0.3, 0.4) is 0 Å². The van der Waals surface area contributed by atoms with E-state index < -0.39 is 0 Å². The zero-order valence-corrected chi connectivity index (χ0v) is 13.4. The number of aryl methyl sites for hydroxylation is 1. The summed E-state index contributed by atoms with van der Waals surface area (Å²) < 4.78 is 0. The van der Waals surface area contributed by atoms with Gasteiger partial charge >= 0.3 is 0 Å². The van der Waals surface area contributed by atoms with E-state index in [4.69, 9.17) is 0 Å². The molecule has 3 nitrogen and oxygen atoms in total. The first kappa shape index (κ1) is 14.6. The van der Waals surface area contributed by atoms with Gasteiger partial charge in [0.1, 0.15) is 6.17 Å². The molecular weight excluding hydrogens is 260 g/mol. The molecule has 3 rings (SSSR count). The van der Waals surface area contributed by atoms with E-state index in [-0.39, 0.29) is 11.7 Å². The van der Waals surface area contributed by atoms with Crippen molar-refractivity contribution in [1.82, 2.24) is 10.2 Å². The first-order valence-electron chi connectivity index (χ1n) is 8.18. The minimum absolute atomic E-state index is 0.0409. The number of nitrogens with zero attached hydrogens (tertiary/aromatic N) is 1. The van der Waals surface area contributed by atoms with E-state index in [2.05, 4.69) is 55.3 Å². The summed E-state index contributed by atoms with van der Waals surface area (Å²) in [5.41, 5.74) is 2.21. The predicted molar refractivity (Wildman–Crippen MR) is 84.8 cm³/mol. The molecule has 1 aromatic rings. The van der Waals surface area contributed by atoms with Crippen molar-refractivity contribution in [2.45, 2.75) is 58.2 Å². The topological polar surface area (TPSA) is 32.3 Å². The number of hydrogen-bond acceptors (Lipinski definition) is 2. The molecule has 1 atom stereocenters. The second-order valence-corrected chi connectivity index (χ2v) is 7.04. The van der Waals surface area contributed by atoms with Gasteiger partial charge < -0.3 is 4.90 Å². The quantitative estimate of drug-likeness (QED) is 0.923. The number of carbonyl (C=O) groups is 1. The summed E-state index contributed by atoms with van der Waals surface area (Å²) in [6, 6.07) is 8.42. The van der Waals surface area contributed by atoms with Crippen LogP contribution in [0.25, 0.3) is 0 Å². The molecule has 114 valence electrons. The summed E-state index contributed by atoms with van der Waals surface area (Å²) in [6.45, 7) is 7.32. The van der Waals surface area contributed by atoms with E-state index in [1.807, 2.05) is 0 Å². The van der Waals surface area contributed by atoms with E-state index in [9.17, 15) is 4.79 Å². The lowest BCUT2D eigenvalue weighted by atomic mass is 9.97. The van der Waals surface area contributed by atoms with E-state index in [1.165, 1.54) is 11.1 Å². The summed E-state index contributed by atoms with van der Waals surface area (Å²) >= 11 is 0. The summed E-state index contributed by atoms with van der Waals surface area (Å²) in [5.74, 6) is 0.806. The van der Waals surface area contributed by atoms with Gasteiger partial charge in [0.2, 0.25) is 5.91 Å². The molecule has 1 saturated carbocycles. The van der Waals surface area contributed by atoms with Crippen molar-refractivity contribution in [2.75, 3.05) is 6.54 Å². The highest BCUT2D eigenvalue weighted by Gasteiger charge is 2.52. The molecular formula is C18H26N2O. The molecule has 1 heterocycles. The number of amides is 1. The van der Waals surface area contributed by atoms with Gasteiger partial charge in [0.25, 0.3) is 0 Å².